The van der Waals surface area contributed by atoms with E-state index in [4.69, 9.17) is 0 Å². The summed E-state index contributed by atoms with van der Waals surface area (Å²) < 4.78 is 60.0. The Labute approximate surface area is 185 Å². The number of thiazole rings is 1. The SMILES string of the molecule is OC1CCC1c1cnc(C(Cc2ccncc2)c2ccc(OC(F)F)c(OC(F)F)c2)s1. The molecule has 1 fully saturated rings. The molecule has 2 heterocycles. The van der Waals surface area contributed by atoms with Crippen LogP contribution in [0.5, 0.6) is 11.5 Å². The lowest BCUT2D eigenvalue weighted by Gasteiger charge is -2.31. The summed E-state index contributed by atoms with van der Waals surface area (Å²) in [6, 6.07) is 7.70. The third-order valence-corrected chi connectivity index (χ3v) is 6.68. The fourth-order valence-corrected chi connectivity index (χ4v) is 4.91. The number of aromatic nitrogens is 2. The van der Waals surface area contributed by atoms with Crippen LogP contribution < -0.4 is 9.47 Å². The van der Waals surface area contributed by atoms with Crippen molar-refractivity contribution in [1.82, 2.24) is 9.97 Å². The molecule has 5 nitrogen and oxygen atoms in total. The van der Waals surface area contributed by atoms with E-state index in [1.807, 2.05) is 12.1 Å². The number of nitrogens with zero attached hydrogens (tertiary/aromatic N) is 2. The molecular formula is C22H20F4N2O3S. The molecule has 3 atom stereocenters. The van der Waals surface area contributed by atoms with Crippen LogP contribution >= 0.6 is 11.3 Å². The summed E-state index contributed by atoms with van der Waals surface area (Å²) in [5.74, 6) is -1.25. The summed E-state index contributed by atoms with van der Waals surface area (Å²) in [5.41, 5.74) is 1.50. The molecule has 32 heavy (non-hydrogen) atoms. The Hall–Kier alpha value is -2.72. The van der Waals surface area contributed by atoms with Crippen LogP contribution in [0, 0.1) is 0 Å². The topological polar surface area (TPSA) is 64.5 Å². The molecule has 0 spiro atoms. The van der Waals surface area contributed by atoms with Gasteiger partial charge in [-0.25, -0.2) is 4.98 Å². The smallest absolute Gasteiger partial charge is 0.387 e. The van der Waals surface area contributed by atoms with E-state index in [2.05, 4.69) is 19.4 Å². The minimum Gasteiger partial charge on any atom is -0.431 e. The molecule has 1 N–H and O–H groups in total. The van der Waals surface area contributed by atoms with E-state index in [-0.39, 0.29) is 11.8 Å². The van der Waals surface area contributed by atoms with Crippen LogP contribution in [0.3, 0.4) is 0 Å². The predicted octanol–water partition coefficient (Wildman–Crippen LogP) is 5.35. The number of hydrogen-bond acceptors (Lipinski definition) is 6. The van der Waals surface area contributed by atoms with Crippen molar-refractivity contribution in [3.63, 3.8) is 0 Å². The number of halogens is 4. The molecule has 4 rings (SSSR count). The first-order valence-electron chi connectivity index (χ1n) is 9.97. The van der Waals surface area contributed by atoms with Crippen LogP contribution in [0.2, 0.25) is 0 Å². The molecule has 0 saturated heterocycles. The molecule has 0 radical (unpaired) electrons. The van der Waals surface area contributed by atoms with Crippen molar-refractivity contribution < 1.29 is 32.1 Å². The van der Waals surface area contributed by atoms with E-state index >= 15 is 0 Å². The predicted molar refractivity (Wildman–Crippen MR) is 110 cm³/mol. The first-order valence-corrected chi connectivity index (χ1v) is 10.8. The van der Waals surface area contributed by atoms with E-state index in [1.54, 1.807) is 24.7 Å². The fourth-order valence-electron chi connectivity index (χ4n) is 3.67. The van der Waals surface area contributed by atoms with Gasteiger partial charge in [0.05, 0.1) is 6.10 Å². The van der Waals surface area contributed by atoms with Crippen molar-refractivity contribution in [3.05, 3.63) is 69.9 Å². The lowest BCUT2D eigenvalue weighted by Crippen LogP contribution is -2.28. The number of aliphatic hydroxyl groups is 1. The average molecular weight is 468 g/mol. The van der Waals surface area contributed by atoms with Gasteiger partial charge in [0.15, 0.2) is 11.5 Å². The molecule has 3 aromatic rings. The maximum absolute atomic E-state index is 12.9. The highest BCUT2D eigenvalue weighted by Crippen LogP contribution is 2.43. The molecule has 1 aromatic carbocycles. The number of pyridine rings is 1. The van der Waals surface area contributed by atoms with Gasteiger partial charge < -0.3 is 14.6 Å². The first kappa shape index (κ1) is 22.5. The summed E-state index contributed by atoms with van der Waals surface area (Å²) in [4.78, 5) is 9.50. The zero-order valence-electron chi connectivity index (χ0n) is 16.7. The van der Waals surface area contributed by atoms with Gasteiger partial charge in [-0.05, 0) is 54.7 Å². The van der Waals surface area contributed by atoms with Crippen molar-refractivity contribution in [2.24, 2.45) is 0 Å². The summed E-state index contributed by atoms with van der Waals surface area (Å²) >= 11 is 1.45. The van der Waals surface area contributed by atoms with Gasteiger partial charge in [0, 0.05) is 35.3 Å². The van der Waals surface area contributed by atoms with Gasteiger partial charge >= 0.3 is 13.2 Å². The third kappa shape index (κ3) is 5.18. The van der Waals surface area contributed by atoms with Crippen molar-refractivity contribution in [1.29, 1.82) is 0 Å². The van der Waals surface area contributed by atoms with Crippen LogP contribution in [0.15, 0.2) is 48.9 Å². The molecule has 0 amide bonds. The fraction of sp³-hybridized carbons (Fsp3) is 0.364. The molecule has 1 aliphatic carbocycles. The van der Waals surface area contributed by atoms with Crippen molar-refractivity contribution in [3.8, 4) is 11.5 Å². The maximum Gasteiger partial charge on any atom is 0.387 e. The minimum absolute atomic E-state index is 0.0439. The Morgan fingerprint density at radius 3 is 2.34 bits per heavy atom. The van der Waals surface area contributed by atoms with Crippen LogP contribution in [0.25, 0.3) is 0 Å². The van der Waals surface area contributed by atoms with Crippen LogP contribution in [-0.4, -0.2) is 34.4 Å². The second-order valence-corrected chi connectivity index (χ2v) is 8.52. The third-order valence-electron chi connectivity index (χ3n) is 5.43. The minimum atomic E-state index is -3.20. The second-order valence-electron chi connectivity index (χ2n) is 7.43. The number of hydrogen-bond donors (Lipinski definition) is 1. The van der Waals surface area contributed by atoms with Crippen LogP contribution in [-0.2, 0) is 6.42 Å². The van der Waals surface area contributed by atoms with E-state index in [1.165, 1.54) is 23.5 Å². The van der Waals surface area contributed by atoms with Crippen molar-refractivity contribution >= 4 is 11.3 Å². The monoisotopic (exact) mass is 468 g/mol. The average Bonchev–Trinajstić information content (AvgIpc) is 3.21. The van der Waals surface area contributed by atoms with E-state index < -0.39 is 30.8 Å². The lowest BCUT2D eigenvalue weighted by molar-refractivity contribution is -0.0692. The number of aliphatic hydroxyl groups excluding tert-OH is 1. The molecular weight excluding hydrogens is 448 g/mol. The highest BCUT2D eigenvalue weighted by Gasteiger charge is 2.33. The molecule has 2 aromatic heterocycles. The zero-order valence-corrected chi connectivity index (χ0v) is 17.5. The first-order chi connectivity index (χ1) is 15.4. The van der Waals surface area contributed by atoms with Crippen molar-refractivity contribution in [2.45, 2.75) is 50.4 Å². The molecule has 0 bridgehead atoms. The summed E-state index contributed by atoms with van der Waals surface area (Å²) in [6.07, 6.45) is 6.74. The van der Waals surface area contributed by atoms with Crippen molar-refractivity contribution in [2.75, 3.05) is 0 Å². The van der Waals surface area contributed by atoms with Gasteiger partial charge in [0.25, 0.3) is 0 Å². The van der Waals surface area contributed by atoms with Gasteiger partial charge in [-0.2, -0.15) is 17.6 Å². The number of ether oxygens (including phenoxy) is 2. The van der Waals surface area contributed by atoms with Crippen LogP contribution in [0.1, 0.15) is 45.7 Å². The standard InChI is InChI=1S/C22H20F4N2O3S/c23-21(24)30-17-4-1-13(10-18(17)31-22(25)26)15(9-12-5-7-27-8-6-12)20-28-11-19(32-20)14-2-3-16(14)29/h1,4-8,10-11,14-16,21-22,29H,2-3,9H2. The Bertz CT molecular complexity index is 1040. The van der Waals surface area contributed by atoms with E-state index in [9.17, 15) is 22.7 Å². The number of benzene rings is 1. The zero-order chi connectivity index (χ0) is 22.7. The van der Waals surface area contributed by atoms with Gasteiger partial charge in [0.2, 0.25) is 0 Å². The summed E-state index contributed by atoms with van der Waals surface area (Å²) in [6.45, 7) is -6.38. The lowest BCUT2D eigenvalue weighted by atomic mass is 9.81. The Morgan fingerprint density at radius 1 is 1.00 bits per heavy atom. The summed E-state index contributed by atoms with van der Waals surface area (Å²) in [5, 5.41) is 10.7. The van der Waals surface area contributed by atoms with Gasteiger partial charge in [-0.1, -0.05) is 6.07 Å². The summed E-state index contributed by atoms with van der Waals surface area (Å²) in [7, 11) is 0. The maximum atomic E-state index is 12.9. The molecule has 170 valence electrons. The van der Waals surface area contributed by atoms with E-state index in [0.717, 1.165) is 28.3 Å². The Kier molecular flexibility index (Phi) is 6.90. The molecule has 0 aliphatic heterocycles. The van der Waals surface area contributed by atoms with E-state index in [0.29, 0.717) is 12.0 Å². The Morgan fingerprint density at radius 2 is 1.72 bits per heavy atom. The van der Waals surface area contributed by atoms with Gasteiger partial charge in [-0.3, -0.25) is 4.98 Å². The highest BCUT2D eigenvalue weighted by atomic mass is 32.1. The molecule has 1 aliphatic rings. The quantitative estimate of drug-likeness (QED) is 0.429. The number of rotatable bonds is 9. The van der Waals surface area contributed by atoms with Crippen LogP contribution in [0.4, 0.5) is 17.6 Å². The second kappa shape index (κ2) is 9.83. The Balaban J connectivity index is 1.70. The largest absolute Gasteiger partial charge is 0.431 e. The molecule has 3 unspecified atom stereocenters. The molecule has 1 saturated carbocycles. The highest BCUT2D eigenvalue weighted by molar-refractivity contribution is 7.11. The van der Waals surface area contributed by atoms with Gasteiger partial charge in [-0.15, -0.1) is 11.3 Å². The number of alkyl halides is 4. The van der Waals surface area contributed by atoms with Gasteiger partial charge in [0.1, 0.15) is 5.01 Å². The normalized spacial score (nSPS) is 19.1. The molecule has 10 heteroatoms.